The lowest BCUT2D eigenvalue weighted by Gasteiger charge is -2.44. The third-order valence-corrected chi connectivity index (χ3v) is 6.96. The molecule has 7 heteroatoms. The highest BCUT2D eigenvalue weighted by molar-refractivity contribution is 7.99. The summed E-state index contributed by atoms with van der Waals surface area (Å²) >= 11 is 1.49. The Morgan fingerprint density at radius 3 is 1.92 bits per heavy atom. The van der Waals surface area contributed by atoms with Gasteiger partial charge < -0.3 is 24.1 Å². The van der Waals surface area contributed by atoms with Gasteiger partial charge in [0.2, 0.25) is 0 Å². The van der Waals surface area contributed by atoms with E-state index in [1.807, 2.05) is 73.7 Å². The van der Waals surface area contributed by atoms with Crippen LogP contribution < -0.4 is 0 Å². The van der Waals surface area contributed by atoms with Crippen LogP contribution >= 0.6 is 11.8 Å². The van der Waals surface area contributed by atoms with E-state index in [2.05, 4.69) is 0 Å². The Balaban J connectivity index is 1.53. The molecule has 0 unspecified atom stereocenters. The molecule has 1 aliphatic heterocycles. The van der Waals surface area contributed by atoms with Gasteiger partial charge in [-0.2, -0.15) is 0 Å². The first-order valence-corrected chi connectivity index (χ1v) is 13.2. The summed E-state index contributed by atoms with van der Waals surface area (Å²) in [6, 6.07) is 28.4. The van der Waals surface area contributed by atoms with Gasteiger partial charge in [-0.25, -0.2) is 4.79 Å². The van der Waals surface area contributed by atoms with E-state index in [-0.39, 0.29) is 6.61 Å². The van der Waals surface area contributed by atoms with Crippen molar-refractivity contribution in [3.63, 3.8) is 0 Å². The third-order valence-electron chi connectivity index (χ3n) is 5.90. The van der Waals surface area contributed by atoms with E-state index in [9.17, 15) is 9.90 Å². The standard InChI is InChI=1S/C29H32O6S/c1-2-36-29-25(30)27(33-19-22-14-8-4-9-15-22)26(32-18-21-12-6-3-7-13-21)24(35-29)20-34-28(31)23-16-10-5-11-17-23/h3-17,24-27,29-30H,2,18-20H2,1H3/t24-,25-,26-,27-,29+/m1/s1. The summed E-state index contributed by atoms with van der Waals surface area (Å²) in [5.74, 6) is 0.313. The Morgan fingerprint density at radius 1 is 0.833 bits per heavy atom. The zero-order valence-corrected chi connectivity index (χ0v) is 21.1. The number of carbonyl (C=O) groups is 1. The largest absolute Gasteiger partial charge is 0.459 e. The number of benzene rings is 3. The fraction of sp³-hybridized carbons (Fsp3) is 0.345. The zero-order valence-electron chi connectivity index (χ0n) is 20.3. The lowest BCUT2D eigenvalue weighted by molar-refractivity contribution is -0.239. The van der Waals surface area contributed by atoms with Gasteiger partial charge in [0.15, 0.2) is 0 Å². The van der Waals surface area contributed by atoms with Crippen LogP contribution in [0, 0.1) is 0 Å². The van der Waals surface area contributed by atoms with Gasteiger partial charge in [0.25, 0.3) is 0 Å². The molecule has 1 N–H and O–H groups in total. The first kappa shape index (κ1) is 26.4. The van der Waals surface area contributed by atoms with Gasteiger partial charge in [-0.1, -0.05) is 85.8 Å². The van der Waals surface area contributed by atoms with Gasteiger partial charge in [-0.05, 0) is 29.0 Å². The summed E-state index contributed by atoms with van der Waals surface area (Å²) in [5, 5.41) is 11.2. The highest BCUT2D eigenvalue weighted by Crippen LogP contribution is 2.33. The molecule has 5 atom stereocenters. The highest BCUT2D eigenvalue weighted by Gasteiger charge is 2.47. The molecule has 3 aromatic carbocycles. The van der Waals surface area contributed by atoms with Crippen molar-refractivity contribution >= 4 is 17.7 Å². The van der Waals surface area contributed by atoms with Crippen LogP contribution in [-0.4, -0.2) is 53.3 Å². The van der Waals surface area contributed by atoms with Crippen LogP contribution in [0.25, 0.3) is 0 Å². The van der Waals surface area contributed by atoms with Crippen LogP contribution in [0.5, 0.6) is 0 Å². The van der Waals surface area contributed by atoms with Crippen molar-refractivity contribution in [2.24, 2.45) is 0 Å². The molecule has 0 aliphatic carbocycles. The number of hydrogen-bond donors (Lipinski definition) is 1. The van der Waals surface area contributed by atoms with Crippen LogP contribution in [-0.2, 0) is 32.2 Å². The fourth-order valence-corrected chi connectivity index (χ4v) is 4.97. The van der Waals surface area contributed by atoms with Gasteiger partial charge in [0.05, 0.1) is 18.8 Å². The molecule has 36 heavy (non-hydrogen) atoms. The van der Waals surface area contributed by atoms with E-state index < -0.39 is 35.8 Å². The van der Waals surface area contributed by atoms with E-state index >= 15 is 0 Å². The molecule has 1 aliphatic rings. The molecule has 0 aromatic heterocycles. The van der Waals surface area contributed by atoms with Gasteiger partial charge >= 0.3 is 5.97 Å². The van der Waals surface area contributed by atoms with E-state index in [4.69, 9.17) is 18.9 Å². The van der Waals surface area contributed by atoms with Crippen molar-refractivity contribution in [3.05, 3.63) is 108 Å². The van der Waals surface area contributed by atoms with Crippen LogP contribution in [0.1, 0.15) is 28.4 Å². The molecule has 1 fully saturated rings. The highest BCUT2D eigenvalue weighted by atomic mass is 32.2. The predicted molar refractivity (Wildman–Crippen MR) is 140 cm³/mol. The Labute approximate surface area is 216 Å². The summed E-state index contributed by atoms with van der Waals surface area (Å²) in [7, 11) is 0. The maximum atomic E-state index is 12.6. The Kier molecular flexibility index (Phi) is 9.95. The minimum absolute atomic E-state index is 0.0219. The Hall–Kier alpha value is -2.68. The average molecular weight is 509 g/mol. The molecule has 0 saturated carbocycles. The molecule has 3 aromatic rings. The fourth-order valence-electron chi connectivity index (χ4n) is 4.07. The monoisotopic (exact) mass is 508 g/mol. The van der Waals surface area contributed by atoms with E-state index in [0.29, 0.717) is 18.8 Å². The number of carbonyl (C=O) groups excluding carboxylic acids is 1. The summed E-state index contributed by atoms with van der Waals surface area (Å²) < 4.78 is 24.5. The number of aliphatic hydroxyl groups is 1. The quantitative estimate of drug-likeness (QED) is 0.371. The van der Waals surface area contributed by atoms with E-state index in [0.717, 1.165) is 16.9 Å². The number of thioether (sulfide) groups is 1. The first-order valence-electron chi connectivity index (χ1n) is 12.1. The second kappa shape index (κ2) is 13.6. The molecule has 4 rings (SSSR count). The molecule has 1 heterocycles. The SMILES string of the molecule is CCS[C@@H]1O[C@H](COC(=O)c2ccccc2)[C@@H](OCc2ccccc2)[C@H](OCc2ccccc2)[C@H]1O. The summed E-state index contributed by atoms with van der Waals surface area (Å²) in [5.41, 5.74) is 1.91. The zero-order chi connectivity index (χ0) is 25.2. The Morgan fingerprint density at radius 2 is 1.36 bits per heavy atom. The molecule has 0 bridgehead atoms. The number of aliphatic hydroxyl groups excluding tert-OH is 1. The predicted octanol–water partition coefficient (Wildman–Crippen LogP) is 4.85. The van der Waals surface area contributed by atoms with Crippen LogP contribution in [0.2, 0.25) is 0 Å². The van der Waals surface area contributed by atoms with Crippen LogP contribution in [0.15, 0.2) is 91.0 Å². The molecule has 6 nitrogen and oxygen atoms in total. The molecular weight excluding hydrogens is 476 g/mol. The van der Waals surface area contributed by atoms with Gasteiger partial charge in [-0.3, -0.25) is 0 Å². The average Bonchev–Trinajstić information content (AvgIpc) is 2.93. The second-order valence-electron chi connectivity index (χ2n) is 8.48. The smallest absolute Gasteiger partial charge is 0.338 e. The molecule has 0 radical (unpaired) electrons. The number of ether oxygens (including phenoxy) is 4. The molecule has 0 amide bonds. The molecule has 1 saturated heterocycles. The van der Waals surface area contributed by atoms with Crippen molar-refractivity contribution in [2.75, 3.05) is 12.4 Å². The van der Waals surface area contributed by atoms with Crippen molar-refractivity contribution in [1.29, 1.82) is 0 Å². The maximum Gasteiger partial charge on any atom is 0.338 e. The van der Waals surface area contributed by atoms with Crippen molar-refractivity contribution in [3.8, 4) is 0 Å². The minimum Gasteiger partial charge on any atom is -0.459 e. The number of hydrogen-bond acceptors (Lipinski definition) is 7. The second-order valence-corrected chi connectivity index (χ2v) is 9.85. The molecule has 0 spiro atoms. The maximum absolute atomic E-state index is 12.6. The first-order chi connectivity index (χ1) is 17.7. The van der Waals surface area contributed by atoms with E-state index in [1.165, 1.54) is 11.8 Å². The van der Waals surface area contributed by atoms with Crippen molar-refractivity contribution < 1.29 is 28.8 Å². The topological polar surface area (TPSA) is 74.2 Å². The van der Waals surface area contributed by atoms with Gasteiger partial charge in [-0.15, -0.1) is 11.8 Å². The van der Waals surface area contributed by atoms with Crippen LogP contribution in [0.3, 0.4) is 0 Å². The van der Waals surface area contributed by atoms with Crippen molar-refractivity contribution in [1.82, 2.24) is 0 Å². The van der Waals surface area contributed by atoms with Gasteiger partial charge in [0.1, 0.15) is 36.5 Å². The van der Waals surface area contributed by atoms with Crippen LogP contribution in [0.4, 0.5) is 0 Å². The lowest BCUT2D eigenvalue weighted by Crippen LogP contribution is -2.59. The normalized spacial score (nSPS) is 23.8. The Bertz CT molecular complexity index is 1050. The van der Waals surface area contributed by atoms with E-state index in [1.54, 1.807) is 24.3 Å². The number of esters is 1. The third kappa shape index (κ3) is 7.18. The summed E-state index contributed by atoms with van der Waals surface area (Å²) in [6.45, 7) is 2.60. The summed E-state index contributed by atoms with van der Waals surface area (Å²) in [6.07, 6.45) is -2.86. The summed E-state index contributed by atoms with van der Waals surface area (Å²) in [4.78, 5) is 12.6. The lowest BCUT2D eigenvalue weighted by atomic mass is 9.99. The molecule has 190 valence electrons. The van der Waals surface area contributed by atoms with Gasteiger partial charge in [0, 0.05) is 0 Å². The molecular formula is C29H32O6S. The van der Waals surface area contributed by atoms with Crippen molar-refractivity contribution in [2.45, 2.75) is 50.0 Å². The minimum atomic E-state index is -0.916. The number of rotatable bonds is 11.